The molecule has 128 valence electrons. The lowest BCUT2D eigenvalue weighted by Gasteiger charge is -2.25. The fraction of sp³-hybridized carbons (Fsp3) is 0.294. The first-order valence-electron chi connectivity index (χ1n) is 7.54. The SMILES string of the molecule is COc1cccc([C@@H]2CCCN2S(=O)(=O)c2ccc(Br)cc2Cl)c1. The molecular weight excluding hydrogens is 414 g/mol. The Labute approximate surface area is 155 Å². The number of ether oxygens (including phenoxy) is 1. The highest BCUT2D eigenvalue weighted by Crippen LogP contribution is 2.39. The zero-order chi connectivity index (χ0) is 17.3. The number of hydrogen-bond acceptors (Lipinski definition) is 3. The monoisotopic (exact) mass is 429 g/mol. The van der Waals surface area contributed by atoms with Crippen LogP contribution in [0.4, 0.5) is 0 Å². The topological polar surface area (TPSA) is 46.6 Å². The number of hydrogen-bond donors (Lipinski definition) is 0. The molecule has 2 aromatic carbocycles. The van der Waals surface area contributed by atoms with Crippen molar-refractivity contribution in [3.8, 4) is 5.75 Å². The van der Waals surface area contributed by atoms with E-state index < -0.39 is 10.0 Å². The van der Waals surface area contributed by atoms with Crippen LogP contribution in [0.5, 0.6) is 5.75 Å². The number of benzene rings is 2. The maximum Gasteiger partial charge on any atom is 0.245 e. The van der Waals surface area contributed by atoms with Crippen LogP contribution in [0.3, 0.4) is 0 Å². The van der Waals surface area contributed by atoms with E-state index in [1.807, 2.05) is 24.3 Å². The summed E-state index contributed by atoms with van der Waals surface area (Å²) in [6.45, 7) is 0.483. The van der Waals surface area contributed by atoms with Gasteiger partial charge in [0.2, 0.25) is 10.0 Å². The Morgan fingerprint density at radius 3 is 2.75 bits per heavy atom. The highest BCUT2D eigenvalue weighted by atomic mass is 79.9. The summed E-state index contributed by atoms with van der Waals surface area (Å²) >= 11 is 9.48. The molecular formula is C17H17BrClNO3S. The maximum atomic E-state index is 13.1. The zero-order valence-corrected chi connectivity index (χ0v) is 16.2. The van der Waals surface area contributed by atoms with Gasteiger partial charge in [-0.05, 0) is 48.7 Å². The summed E-state index contributed by atoms with van der Waals surface area (Å²) in [6.07, 6.45) is 1.59. The Kier molecular flexibility index (Phi) is 5.20. The van der Waals surface area contributed by atoms with E-state index in [2.05, 4.69) is 15.9 Å². The first-order chi connectivity index (χ1) is 11.4. The Hall–Kier alpha value is -1.08. The number of halogens is 2. The van der Waals surface area contributed by atoms with E-state index in [9.17, 15) is 8.42 Å². The maximum absolute atomic E-state index is 13.1. The van der Waals surface area contributed by atoms with Crippen LogP contribution in [0.25, 0.3) is 0 Å². The molecule has 1 fully saturated rings. The molecule has 24 heavy (non-hydrogen) atoms. The lowest BCUT2D eigenvalue weighted by molar-refractivity contribution is 0.390. The van der Waals surface area contributed by atoms with Crippen molar-refractivity contribution in [2.24, 2.45) is 0 Å². The Balaban J connectivity index is 2.00. The van der Waals surface area contributed by atoms with Crippen LogP contribution < -0.4 is 4.74 Å². The van der Waals surface area contributed by atoms with Gasteiger partial charge in [-0.15, -0.1) is 0 Å². The standard InChI is InChI=1S/C17H17BrClNO3S/c1-23-14-5-2-4-12(10-14)16-6-3-9-20(16)24(21,22)17-8-7-13(18)11-15(17)19/h2,4-5,7-8,10-11,16H,3,6,9H2,1H3/t16-/m0/s1. The molecule has 7 heteroatoms. The Bertz CT molecular complexity index is 857. The van der Waals surface area contributed by atoms with Crippen LogP contribution in [0, 0.1) is 0 Å². The van der Waals surface area contributed by atoms with Crippen LogP contribution in [0.1, 0.15) is 24.4 Å². The van der Waals surface area contributed by atoms with Gasteiger partial charge in [0.1, 0.15) is 10.6 Å². The molecule has 0 amide bonds. The number of rotatable bonds is 4. The first kappa shape index (κ1) is 17.7. The van der Waals surface area contributed by atoms with E-state index in [1.54, 1.807) is 25.3 Å². The molecule has 0 spiro atoms. The number of nitrogens with zero attached hydrogens (tertiary/aromatic N) is 1. The van der Waals surface area contributed by atoms with Crippen LogP contribution in [0.15, 0.2) is 51.8 Å². The molecule has 0 saturated carbocycles. The third-order valence-electron chi connectivity index (χ3n) is 4.16. The van der Waals surface area contributed by atoms with Crippen molar-refractivity contribution in [2.45, 2.75) is 23.8 Å². The molecule has 0 aromatic heterocycles. The highest BCUT2D eigenvalue weighted by molar-refractivity contribution is 9.10. The smallest absolute Gasteiger partial charge is 0.245 e. The minimum absolute atomic E-state index is 0.141. The van der Waals surface area contributed by atoms with Crippen LogP contribution >= 0.6 is 27.5 Å². The summed E-state index contributed by atoms with van der Waals surface area (Å²) in [6, 6.07) is 12.2. The van der Waals surface area contributed by atoms with Gasteiger partial charge in [0, 0.05) is 11.0 Å². The summed E-state index contributed by atoms with van der Waals surface area (Å²) in [5.41, 5.74) is 0.934. The Morgan fingerprint density at radius 1 is 1.25 bits per heavy atom. The summed E-state index contributed by atoms with van der Waals surface area (Å²) < 4.78 is 33.7. The molecule has 0 radical (unpaired) electrons. The van der Waals surface area contributed by atoms with E-state index in [1.165, 1.54) is 4.31 Å². The Morgan fingerprint density at radius 2 is 2.04 bits per heavy atom. The van der Waals surface area contributed by atoms with Crippen molar-refractivity contribution in [2.75, 3.05) is 13.7 Å². The number of sulfonamides is 1. The molecule has 0 N–H and O–H groups in total. The van der Waals surface area contributed by atoms with Crippen molar-refractivity contribution in [3.05, 3.63) is 57.5 Å². The second-order valence-corrected chi connectivity index (χ2v) is 8.81. The average molecular weight is 431 g/mol. The van der Waals surface area contributed by atoms with Gasteiger partial charge in [0.25, 0.3) is 0 Å². The first-order valence-corrected chi connectivity index (χ1v) is 10.2. The van der Waals surface area contributed by atoms with Gasteiger partial charge < -0.3 is 4.74 Å². The second-order valence-electron chi connectivity index (χ2n) is 5.63. The van der Waals surface area contributed by atoms with Gasteiger partial charge in [-0.25, -0.2) is 8.42 Å². The van der Waals surface area contributed by atoms with E-state index in [0.717, 1.165) is 28.6 Å². The lowest BCUT2D eigenvalue weighted by Crippen LogP contribution is -2.30. The molecule has 0 aliphatic carbocycles. The fourth-order valence-corrected chi connectivity index (χ4v) is 5.72. The van der Waals surface area contributed by atoms with Gasteiger partial charge in [-0.1, -0.05) is 39.7 Å². The minimum Gasteiger partial charge on any atom is -0.497 e. The molecule has 0 bridgehead atoms. The van der Waals surface area contributed by atoms with Crippen molar-refractivity contribution in [1.82, 2.24) is 4.31 Å². The van der Waals surface area contributed by atoms with E-state index in [-0.39, 0.29) is 16.0 Å². The van der Waals surface area contributed by atoms with Crippen molar-refractivity contribution < 1.29 is 13.2 Å². The molecule has 1 aliphatic heterocycles. The largest absolute Gasteiger partial charge is 0.497 e. The van der Waals surface area contributed by atoms with Crippen molar-refractivity contribution in [1.29, 1.82) is 0 Å². The normalized spacial score (nSPS) is 18.7. The van der Waals surface area contributed by atoms with Gasteiger partial charge in [-0.3, -0.25) is 0 Å². The summed E-state index contributed by atoms with van der Waals surface area (Å²) in [4.78, 5) is 0.141. The average Bonchev–Trinajstić information content (AvgIpc) is 3.05. The summed E-state index contributed by atoms with van der Waals surface area (Å²) in [5, 5.41) is 0.223. The van der Waals surface area contributed by atoms with Crippen LogP contribution in [-0.4, -0.2) is 26.4 Å². The third kappa shape index (κ3) is 3.33. The van der Waals surface area contributed by atoms with E-state index >= 15 is 0 Å². The third-order valence-corrected chi connectivity index (χ3v) is 7.05. The van der Waals surface area contributed by atoms with Gasteiger partial charge in [0.15, 0.2) is 0 Å². The van der Waals surface area contributed by atoms with Crippen LogP contribution in [0.2, 0.25) is 5.02 Å². The van der Waals surface area contributed by atoms with Crippen molar-refractivity contribution >= 4 is 37.6 Å². The van der Waals surface area contributed by atoms with E-state index in [4.69, 9.17) is 16.3 Å². The molecule has 1 aliphatic rings. The summed E-state index contributed by atoms with van der Waals surface area (Å²) in [7, 11) is -2.06. The van der Waals surface area contributed by atoms with E-state index in [0.29, 0.717) is 6.54 Å². The quantitative estimate of drug-likeness (QED) is 0.710. The predicted octanol–water partition coefficient (Wildman–Crippen LogP) is 4.64. The molecule has 2 aromatic rings. The van der Waals surface area contributed by atoms with Gasteiger partial charge >= 0.3 is 0 Å². The van der Waals surface area contributed by atoms with Crippen molar-refractivity contribution in [3.63, 3.8) is 0 Å². The van der Waals surface area contributed by atoms with Gasteiger partial charge in [0.05, 0.1) is 18.2 Å². The number of methoxy groups -OCH3 is 1. The molecule has 1 atom stereocenters. The fourth-order valence-electron chi connectivity index (χ4n) is 3.02. The highest BCUT2D eigenvalue weighted by Gasteiger charge is 2.37. The van der Waals surface area contributed by atoms with Crippen LogP contribution in [-0.2, 0) is 10.0 Å². The molecule has 0 unspecified atom stereocenters. The minimum atomic E-state index is -3.66. The molecule has 4 nitrogen and oxygen atoms in total. The summed E-state index contributed by atoms with van der Waals surface area (Å²) in [5.74, 6) is 0.721. The molecule has 3 rings (SSSR count). The zero-order valence-electron chi connectivity index (χ0n) is 13.1. The molecule has 1 saturated heterocycles. The predicted molar refractivity (Wildman–Crippen MR) is 98.0 cm³/mol. The van der Waals surface area contributed by atoms with Gasteiger partial charge in [-0.2, -0.15) is 4.31 Å². The second kappa shape index (κ2) is 7.04. The lowest BCUT2D eigenvalue weighted by atomic mass is 10.1. The molecule has 1 heterocycles.